The molecule has 132 valence electrons. The van der Waals surface area contributed by atoms with Gasteiger partial charge in [0, 0.05) is 10.4 Å². The number of aliphatic imine (C=N–C) groups is 1. The van der Waals surface area contributed by atoms with Crippen molar-refractivity contribution in [3.8, 4) is 0 Å². The molecule has 1 aliphatic heterocycles. The highest BCUT2D eigenvalue weighted by Crippen LogP contribution is 2.23. The third-order valence-corrected chi connectivity index (χ3v) is 6.12. The lowest BCUT2D eigenvalue weighted by Gasteiger charge is -2.17. The SMILES string of the molecule is CC(C)[C@H](N=C1NS(=O)(=O)c2ccccc21)C(=O)NCc1cccs1. The van der Waals surface area contributed by atoms with Gasteiger partial charge in [-0.05, 0) is 29.5 Å². The molecule has 8 heteroatoms. The summed E-state index contributed by atoms with van der Waals surface area (Å²) in [5.74, 6) is -0.0758. The minimum atomic E-state index is -3.61. The van der Waals surface area contributed by atoms with Crippen molar-refractivity contribution in [2.45, 2.75) is 31.3 Å². The fourth-order valence-corrected chi connectivity index (χ4v) is 4.45. The molecule has 1 aromatic heterocycles. The summed E-state index contributed by atoms with van der Waals surface area (Å²) in [5, 5.41) is 4.82. The van der Waals surface area contributed by atoms with Crippen molar-refractivity contribution in [2.75, 3.05) is 0 Å². The van der Waals surface area contributed by atoms with E-state index in [2.05, 4.69) is 15.0 Å². The Morgan fingerprint density at radius 2 is 2.00 bits per heavy atom. The molecule has 0 bridgehead atoms. The molecule has 0 radical (unpaired) electrons. The molecule has 1 atom stereocenters. The third-order valence-electron chi connectivity index (χ3n) is 3.85. The van der Waals surface area contributed by atoms with E-state index in [0.717, 1.165) is 4.88 Å². The van der Waals surface area contributed by atoms with E-state index in [-0.39, 0.29) is 22.6 Å². The lowest BCUT2D eigenvalue weighted by molar-refractivity contribution is -0.123. The highest BCUT2D eigenvalue weighted by atomic mass is 32.2. The van der Waals surface area contributed by atoms with E-state index >= 15 is 0 Å². The standard InChI is InChI=1S/C17H19N3O3S2/c1-11(2)15(17(21)18-10-12-6-5-9-24-12)19-16-13-7-3-4-8-14(13)25(22,23)20-16/h3-9,11,15H,10H2,1-2H3,(H,18,21)(H,19,20)/t15-/m0/s1. The number of hydrogen-bond donors (Lipinski definition) is 2. The highest BCUT2D eigenvalue weighted by molar-refractivity contribution is 7.90. The van der Waals surface area contributed by atoms with Crippen LogP contribution >= 0.6 is 11.3 Å². The van der Waals surface area contributed by atoms with Crippen molar-refractivity contribution < 1.29 is 13.2 Å². The molecule has 1 aliphatic rings. The number of amides is 1. The minimum Gasteiger partial charge on any atom is -0.349 e. The van der Waals surface area contributed by atoms with Gasteiger partial charge in [-0.3, -0.25) is 14.5 Å². The first-order valence-electron chi connectivity index (χ1n) is 7.88. The Kier molecular flexibility index (Phi) is 4.91. The van der Waals surface area contributed by atoms with Crippen LogP contribution in [-0.2, 0) is 21.4 Å². The number of rotatable bonds is 5. The van der Waals surface area contributed by atoms with Gasteiger partial charge in [0.05, 0.1) is 11.4 Å². The molecule has 1 amide bonds. The number of sulfonamides is 1. The smallest absolute Gasteiger partial charge is 0.263 e. The quantitative estimate of drug-likeness (QED) is 0.837. The van der Waals surface area contributed by atoms with Crippen LogP contribution in [0.5, 0.6) is 0 Å². The van der Waals surface area contributed by atoms with Crippen LogP contribution in [0.2, 0.25) is 0 Å². The predicted octanol–water partition coefficient (Wildman–Crippen LogP) is 2.13. The first-order valence-corrected chi connectivity index (χ1v) is 10.2. The monoisotopic (exact) mass is 377 g/mol. The fraction of sp³-hybridized carbons (Fsp3) is 0.294. The van der Waals surface area contributed by atoms with Gasteiger partial charge in [-0.15, -0.1) is 11.3 Å². The van der Waals surface area contributed by atoms with Crippen LogP contribution in [0.1, 0.15) is 24.3 Å². The maximum Gasteiger partial charge on any atom is 0.263 e. The first-order chi connectivity index (χ1) is 11.9. The second kappa shape index (κ2) is 6.97. The zero-order chi connectivity index (χ0) is 18.0. The van der Waals surface area contributed by atoms with E-state index in [9.17, 15) is 13.2 Å². The molecule has 1 aromatic carbocycles. The number of benzene rings is 1. The summed E-state index contributed by atoms with van der Waals surface area (Å²) in [6.45, 7) is 4.20. The molecule has 0 saturated carbocycles. The molecule has 6 nitrogen and oxygen atoms in total. The summed E-state index contributed by atoms with van der Waals surface area (Å²) in [6.07, 6.45) is 0. The van der Waals surface area contributed by atoms with Crippen LogP contribution in [-0.4, -0.2) is 26.2 Å². The highest BCUT2D eigenvalue weighted by Gasteiger charge is 2.32. The molecular formula is C17H19N3O3S2. The Bertz CT molecular complexity index is 903. The molecule has 0 fully saturated rings. The first kappa shape index (κ1) is 17.6. The Hall–Kier alpha value is -2.19. The molecule has 0 aliphatic carbocycles. The molecular weight excluding hydrogens is 358 g/mol. The van der Waals surface area contributed by atoms with Crippen molar-refractivity contribution in [2.24, 2.45) is 10.9 Å². The van der Waals surface area contributed by atoms with E-state index in [0.29, 0.717) is 12.1 Å². The van der Waals surface area contributed by atoms with Gasteiger partial charge >= 0.3 is 0 Å². The molecule has 0 unspecified atom stereocenters. The van der Waals surface area contributed by atoms with E-state index in [1.165, 1.54) is 6.07 Å². The number of carbonyl (C=O) groups excluding carboxylic acids is 1. The van der Waals surface area contributed by atoms with E-state index in [4.69, 9.17) is 0 Å². The maximum absolute atomic E-state index is 12.6. The summed E-state index contributed by atoms with van der Waals surface area (Å²) >= 11 is 1.57. The molecule has 0 saturated heterocycles. The van der Waals surface area contributed by atoms with Crippen LogP contribution in [0.25, 0.3) is 0 Å². The van der Waals surface area contributed by atoms with Crippen molar-refractivity contribution in [3.63, 3.8) is 0 Å². The van der Waals surface area contributed by atoms with Gasteiger partial charge in [0.1, 0.15) is 11.9 Å². The van der Waals surface area contributed by atoms with Gasteiger partial charge in [-0.1, -0.05) is 32.0 Å². The zero-order valence-corrected chi connectivity index (χ0v) is 15.5. The predicted molar refractivity (Wildman–Crippen MR) is 98.1 cm³/mol. The molecule has 0 spiro atoms. The number of hydrogen-bond acceptors (Lipinski definition) is 5. The Morgan fingerprint density at radius 1 is 1.24 bits per heavy atom. The summed E-state index contributed by atoms with van der Waals surface area (Å²) in [4.78, 5) is 18.2. The molecule has 3 rings (SSSR count). The molecule has 2 aromatic rings. The molecule has 2 heterocycles. The van der Waals surface area contributed by atoms with Crippen molar-refractivity contribution in [1.29, 1.82) is 0 Å². The molecule has 25 heavy (non-hydrogen) atoms. The van der Waals surface area contributed by atoms with Gasteiger partial charge in [0.25, 0.3) is 10.0 Å². The summed E-state index contributed by atoms with van der Waals surface area (Å²) in [6, 6.07) is 9.82. The number of amidine groups is 1. The van der Waals surface area contributed by atoms with E-state index in [1.54, 1.807) is 29.5 Å². The lowest BCUT2D eigenvalue weighted by Crippen LogP contribution is -2.38. The number of thiophene rings is 1. The summed E-state index contributed by atoms with van der Waals surface area (Å²) in [7, 11) is -3.61. The number of nitrogens with one attached hydrogen (secondary N) is 2. The summed E-state index contributed by atoms with van der Waals surface area (Å²) in [5.41, 5.74) is 0.499. The average molecular weight is 377 g/mol. The van der Waals surface area contributed by atoms with Crippen LogP contribution < -0.4 is 10.0 Å². The summed E-state index contributed by atoms with van der Waals surface area (Å²) < 4.78 is 26.8. The maximum atomic E-state index is 12.6. The second-order valence-electron chi connectivity index (χ2n) is 6.07. The Morgan fingerprint density at radius 3 is 2.68 bits per heavy atom. The van der Waals surface area contributed by atoms with Gasteiger partial charge in [-0.2, -0.15) is 0 Å². The Labute approximate surface area is 151 Å². The Balaban J connectivity index is 1.84. The topological polar surface area (TPSA) is 87.6 Å². The number of carbonyl (C=O) groups is 1. The van der Waals surface area contributed by atoms with Crippen molar-refractivity contribution in [1.82, 2.24) is 10.0 Å². The average Bonchev–Trinajstić information content (AvgIpc) is 3.17. The van der Waals surface area contributed by atoms with Crippen LogP contribution in [0.15, 0.2) is 51.7 Å². The van der Waals surface area contributed by atoms with Crippen molar-refractivity contribution >= 4 is 33.1 Å². The van der Waals surface area contributed by atoms with Gasteiger partial charge < -0.3 is 5.32 Å². The number of fused-ring (bicyclic) bond motifs is 1. The van der Waals surface area contributed by atoms with E-state index < -0.39 is 16.1 Å². The fourth-order valence-electron chi connectivity index (χ4n) is 2.57. The number of nitrogens with zero attached hydrogens (tertiary/aromatic N) is 1. The van der Waals surface area contributed by atoms with E-state index in [1.807, 2.05) is 31.4 Å². The second-order valence-corrected chi connectivity index (χ2v) is 8.75. The van der Waals surface area contributed by atoms with Crippen molar-refractivity contribution in [3.05, 3.63) is 52.2 Å². The van der Waals surface area contributed by atoms with Crippen LogP contribution in [0, 0.1) is 5.92 Å². The zero-order valence-electron chi connectivity index (χ0n) is 13.9. The minimum absolute atomic E-state index is 0.0758. The van der Waals surface area contributed by atoms with Gasteiger partial charge in [0.2, 0.25) is 5.91 Å². The molecule has 2 N–H and O–H groups in total. The lowest BCUT2D eigenvalue weighted by atomic mass is 10.0. The van der Waals surface area contributed by atoms with Gasteiger partial charge in [0.15, 0.2) is 0 Å². The van der Waals surface area contributed by atoms with Gasteiger partial charge in [-0.25, -0.2) is 8.42 Å². The largest absolute Gasteiger partial charge is 0.349 e. The third kappa shape index (κ3) is 3.74. The van der Waals surface area contributed by atoms with Crippen LogP contribution in [0.4, 0.5) is 0 Å². The normalized spacial score (nSPS) is 18.0. The van der Waals surface area contributed by atoms with Crippen LogP contribution in [0.3, 0.4) is 0 Å².